The molecule has 0 amide bonds. The number of pyridine rings is 2. The highest BCUT2D eigenvalue weighted by Gasteiger charge is 2.26. The minimum absolute atomic E-state index is 0.103. The van der Waals surface area contributed by atoms with E-state index >= 15 is 0 Å². The van der Waals surface area contributed by atoms with Gasteiger partial charge < -0.3 is 10.1 Å². The maximum Gasteiger partial charge on any atom is 0.271 e. The second-order valence-corrected chi connectivity index (χ2v) is 10.3. The molecule has 0 radical (unpaired) electrons. The van der Waals surface area contributed by atoms with Crippen molar-refractivity contribution in [3.05, 3.63) is 104 Å². The highest BCUT2D eigenvalue weighted by Crippen LogP contribution is 2.33. The molecule has 2 aromatic heterocycles. The Bertz CT molecular complexity index is 1860. The number of hydrogen-bond acceptors (Lipinski definition) is 8. The van der Waals surface area contributed by atoms with Crippen LogP contribution in [0.4, 0.5) is 5.69 Å². The van der Waals surface area contributed by atoms with Gasteiger partial charge in [-0.1, -0.05) is 54.6 Å². The lowest BCUT2D eigenvalue weighted by molar-refractivity contribution is 0.211. The number of rotatable bonds is 8. The number of methoxy groups -OCH3 is 1. The van der Waals surface area contributed by atoms with Gasteiger partial charge in [-0.15, -0.1) is 0 Å². The summed E-state index contributed by atoms with van der Waals surface area (Å²) in [5.74, 6) is 0.138. The van der Waals surface area contributed by atoms with Crippen molar-refractivity contribution in [1.82, 2.24) is 14.5 Å². The monoisotopic (exact) mass is 547 g/mol. The Morgan fingerprint density at radius 3 is 2.41 bits per heavy atom. The number of piperidine rings is 1. The highest BCUT2D eigenvalue weighted by molar-refractivity contribution is 5.91. The molecular weight excluding hydrogens is 518 g/mol. The zero-order valence-corrected chi connectivity index (χ0v) is 22.6. The SMILES string of the molecule is COc1c(NC2CCN(Cc3ccc(-c4nc5ccn(C=O)c(=N)c5cc4-c4ccccc4)cc3)CC2)c(=O)c1=O. The van der Waals surface area contributed by atoms with Gasteiger partial charge in [-0.25, -0.2) is 4.98 Å². The quantitative estimate of drug-likeness (QED) is 0.225. The fourth-order valence-corrected chi connectivity index (χ4v) is 5.52. The topological polar surface area (TPSA) is 117 Å². The molecule has 0 bridgehead atoms. The average molecular weight is 548 g/mol. The number of ether oxygens (including phenoxy) is 1. The minimum atomic E-state index is -0.558. The van der Waals surface area contributed by atoms with Crippen molar-refractivity contribution in [3.63, 3.8) is 0 Å². The number of nitrogens with one attached hydrogen (secondary N) is 2. The van der Waals surface area contributed by atoms with E-state index in [1.54, 1.807) is 12.3 Å². The van der Waals surface area contributed by atoms with Crippen LogP contribution >= 0.6 is 0 Å². The molecule has 6 rings (SSSR count). The molecule has 3 heterocycles. The van der Waals surface area contributed by atoms with Crippen molar-refractivity contribution in [2.24, 2.45) is 0 Å². The van der Waals surface area contributed by atoms with E-state index in [9.17, 15) is 14.4 Å². The van der Waals surface area contributed by atoms with Gasteiger partial charge in [0, 0.05) is 48.4 Å². The van der Waals surface area contributed by atoms with Crippen LogP contribution in [0, 0.1) is 5.41 Å². The first-order chi connectivity index (χ1) is 20.0. The van der Waals surface area contributed by atoms with E-state index < -0.39 is 10.9 Å². The zero-order valence-electron chi connectivity index (χ0n) is 22.6. The number of fused-ring (bicyclic) bond motifs is 1. The third-order valence-corrected chi connectivity index (χ3v) is 7.80. The fourth-order valence-electron chi connectivity index (χ4n) is 5.52. The highest BCUT2D eigenvalue weighted by atomic mass is 16.5. The van der Waals surface area contributed by atoms with Crippen LogP contribution in [0.15, 0.2) is 82.5 Å². The van der Waals surface area contributed by atoms with E-state index in [1.807, 2.05) is 36.4 Å². The first kappa shape index (κ1) is 26.3. The largest absolute Gasteiger partial charge is 0.491 e. The molecule has 0 unspecified atom stereocenters. The van der Waals surface area contributed by atoms with E-state index in [2.05, 4.69) is 34.5 Å². The van der Waals surface area contributed by atoms with Crippen molar-refractivity contribution in [2.75, 3.05) is 25.5 Å². The van der Waals surface area contributed by atoms with Crippen molar-refractivity contribution >= 4 is 23.0 Å². The van der Waals surface area contributed by atoms with Crippen LogP contribution in [0.1, 0.15) is 18.4 Å². The van der Waals surface area contributed by atoms with Gasteiger partial charge in [-0.3, -0.25) is 29.3 Å². The summed E-state index contributed by atoms with van der Waals surface area (Å²) in [5.41, 5.74) is 4.88. The van der Waals surface area contributed by atoms with Crippen LogP contribution in [-0.2, 0) is 11.3 Å². The summed E-state index contributed by atoms with van der Waals surface area (Å²) in [6.07, 6.45) is 3.92. The number of benzene rings is 2. The zero-order chi connectivity index (χ0) is 28.5. The van der Waals surface area contributed by atoms with E-state index in [-0.39, 0.29) is 17.3 Å². The molecule has 0 aliphatic carbocycles. The van der Waals surface area contributed by atoms with E-state index in [4.69, 9.17) is 15.1 Å². The summed E-state index contributed by atoms with van der Waals surface area (Å²) in [4.78, 5) is 42.2. The predicted octanol–water partition coefficient (Wildman–Crippen LogP) is 3.57. The molecule has 1 fully saturated rings. The molecule has 206 valence electrons. The molecule has 0 spiro atoms. The lowest BCUT2D eigenvalue weighted by Gasteiger charge is -2.33. The van der Waals surface area contributed by atoms with Gasteiger partial charge in [0.2, 0.25) is 6.41 Å². The Morgan fingerprint density at radius 1 is 1.00 bits per heavy atom. The van der Waals surface area contributed by atoms with Crippen LogP contribution in [0.3, 0.4) is 0 Å². The second-order valence-electron chi connectivity index (χ2n) is 10.3. The van der Waals surface area contributed by atoms with E-state index in [1.165, 1.54) is 17.2 Å². The van der Waals surface area contributed by atoms with Crippen LogP contribution in [0.5, 0.6) is 5.75 Å². The third kappa shape index (κ3) is 4.96. The maximum absolute atomic E-state index is 11.9. The van der Waals surface area contributed by atoms with Crippen LogP contribution in [0.2, 0.25) is 0 Å². The molecule has 9 heteroatoms. The molecule has 0 saturated carbocycles. The Hall–Kier alpha value is -4.89. The lowest BCUT2D eigenvalue weighted by atomic mass is 9.97. The average Bonchev–Trinajstić information content (AvgIpc) is 3.02. The molecule has 3 aromatic carbocycles. The first-order valence-electron chi connectivity index (χ1n) is 13.5. The second kappa shape index (κ2) is 10.9. The van der Waals surface area contributed by atoms with Crippen molar-refractivity contribution in [1.29, 1.82) is 5.41 Å². The normalized spacial score (nSPS) is 14.4. The van der Waals surface area contributed by atoms with Gasteiger partial charge in [0.25, 0.3) is 10.9 Å². The van der Waals surface area contributed by atoms with Crippen LogP contribution in [0.25, 0.3) is 33.3 Å². The van der Waals surface area contributed by atoms with Gasteiger partial charge >= 0.3 is 0 Å². The predicted molar refractivity (Wildman–Crippen MR) is 158 cm³/mol. The maximum atomic E-state index is 11.9. The van der Waals surface area contributed by atoms with Gasteiger partial charge in [-0.2, -0.15) is 0 Å². The number of nitrogens with zero attached hydrogens (tertiary/aromatic N) is 3. The third-order valence-electron chi connectivity index (χ3n) is 7.80. The Balaban J connectivity index is 1.20. The summed E-state index contributed by atoms with van der Waals surface area (Å²) in [5, 5.41) is 12.3. The Kier molecular flexibility index (Phi) is 7.03. The number of carbonyl (C=O) groups excluding carboxylic acids is 1. The molecule has 2 N–H and O–H groups in total. The van der Waals surface area contributed by atoms with Crippen LogP contribution < -0.4 is 26.4 Å². The lowest BCUT2D eigenvalue weighted by Crippen LogP contribution is -2.42. The molecule has 1 aliphatic rings. The summed E-state index contributed by atoms with van der Waals surface area (Å²) < 4.78 is 6.29. The molecular formula is C32H29N5O4. The molecule has 5 aromatic rings. The van der Waals surface area contributed by atoms with Crippen molar-refractivity contribution in [2.45, 2.75) is 25.4 Å². The van der Waals surface area contributed by atoms with Crippen molar-refractivity contribution < 1.29 is 9.53 Å². The molecule has 41 heavy (non-hydrogen) atoms. The number of carbonyl (C=O) groups is 1. The fraction of sp³-hybridized carbons (Fsp3) is 0.219. The smallest absolute Gasteiger partial charge is 0.271 e. The summed E-state index contributed by atoms with van der Waals surface area (Å²) in [6.45, 7) is 2.55. The summed E-state index contributed by atoms with van der Waals surface area (Å²) >= 11 is 0. The van der Waals surface area contributed by atoms with E-state index in [0.29, 0.717) is 23.0 Å². The minimum Gasteiger partial charge on any atom is -0.491 e. The number of hydrogen-bond donors (Lipinski definition) is 2. The number of aromatic nitrogens is 2. The van der Waals surface area contributed by atoms with Crippen LogP contribution in [-0.4, -0.2) is 47.1 Å². The van der Waals surface area contributed by atoms with Gasteiger partial charge in [-0.05, 0) is 36.1 Å². The van der Waals surface area contributed by atoms with Crippen molar-refractivity contribution in [3.8, 4) is 28.1 Å². The van der Waals surface area contributed by atoms with Gasteiger partial charge in [0.1, 0.15) is 11.2 Å². The molecule has 1 aliphatic heterocycles. The van der Waals surface area contributed by atoms with E-state index in [0.717, 1.165) is 54.9 Å². The molecule has 1 saturated heterocycles. The van der Waals surface area contributed by atoms with Gasteiger partial charge in [0.15, 0.2) is 5.75 Å². The first-order valence-corrected chi connectivity index (χ1v) is 13.5. The standard InChI is InChI=1S/C32H29N5O4/c1-41-31-28(29(39)30(31)40)34-23-11-14-36(15-12-23)18-20-7-9-22(10-8-20)27-24(21-5-3-2-4-6-21)17-25-26(35-27)13-16-37(19-38)32(25)33/h2-10,13,16-17,19,23,33-34H,11-12,14-15,18H2,1H3. The molecule has 0 atom stereocenters. The Labute approximate surface area is 235 Å². The number of likely N-dealkylation sites (tertiary alicyclic amines) is 1. The number of anilines is 1. The summed E-state index contributed by atoms with van der Waals surface area (Å²) in [7, 11) is 1.41. The van der Waals surface area contributed by atoms with Gasteiger partial charge in [0.05, 0.1) is 18.3 Å². The molecule has 9 nitrogen and oxygen atoms in total. The Morgan fingerprint density at radius 2 is 1.73 bits per heavy atom. The summed E-state index contributed by atoms with van der Waals surface area (Å²) in [6, 6.07) is 22.2.